The van der Waals surface area contributed by atoms with Gasteiger partial charge in [0.05, 0.1) is 5.92 Å². The summed E-state index contributed by atoms with van der Waals surface area (Å²) in [5.74, 6) is -1.53. The predicted molar refractivity (Wildman–Crippen MR) is 68.2 cm³/mol. The Morgan fingerprint density at radius 1 is 1.21 bits per heavy atom. The van der Waals surface area contributed by atoms with Gasteiger partial charge in [-0.3, -0.25) is 4.90 Å². The molecule has 1 aliphatic heterocycles. The maximum absolute atomic E-state index is 13.6. The van der Waals surface area contributed by atoms with Gasteiger partial charge in [0, 0.05) is 16.6 Å². The molecule has 0 atom stereocenters. The van der Waals surface area contributed by atoms with Gasteiger partial charge in [-0.15, -0.1) is 0 Å². The molecular formula is C13H14BrF4N. The van der Waals surface area contributed by atoms with Gasteiger partial charge in [0.15, 0.2) is 0 Å². The standard InChI is InChI=1S/C13H14BrF4N/c14-11-1-2-12(15)9(7-11)8-19-5-3-10(4-6-19)13(16,17)18/h1-2,7,10H,3-6,8H2. The molecule has 1 aliphatic rings. The third kappa shape index (κ3) is 3.92. The van der Waals surface area contributed by atoms with E-state index in [0.29, 0.717) is 25.2 Å². The minimum absolute atomic E-state index is 0.0964. The minimum atomic E-state index is -4.10. The molecule has 0 aliphatic carbocycles. The molecule has 0 bridgehead atoms. The van der Waals surface area contributed by atoms with E-state index in [1.54, 1.807) is 12.1 Å². The molecule has 0 amide bonds. The second-order valence-electron chi connectivity index (χ2n) is 4.83. The number of hydrogen-bond acceptors (Lipinski definition) is 1. The summed E-state index contributed by atoms with van der Waals surface area (Å²) in [7, 11) is 0. The molecule has 0 radical (unpaired) electrons. The molecule has 2 rings (SSSR count). The molecule has 1 aromatic rings. The molecule has 1 saturated heterocycles. The number of piperidine rings is 1. The van der Waals surface area contributed by atoms with Crippen LogP contribution in [0.5, 0.6) is 0 Å². The Balaban J connectivity index is 1.94. The summed E-state index contributed by atoms with van der Waals surface area (Å²) in [6.07, 6.45) is -3.91. The fourth-order valence-corrected chi connectivity index (χ4v) is 2.73. The van der Waals surface area contributed by atoms with Crippen molar-refractivity contribution >= 4 is 15.9 Å². The van der Waals surface area contributed by atoms with E-state index >= 15 is 0 Å². The highest BCUT2D eigenvalue weighted by atomic mass is 79.9. The van der Waals surface area contributed by atoms with Gasteiger partial charge in [0.25, 0.3) is 0 Å². The van der Waals surface area contributed by atoms with E-state index in [2.05, 4.69) is 15.9 Å². The molecule has 1 heterocycles. The molecule has 0 saturated carbocycles. The number of hydrogen-bond donors (Lipinski definition) is 0. The lowest BCUT2D eigenvalue weighted by molar-refractivity contribution is -0.185. The molecule has 6 heteroatoms. The van der Waals surface area contributed by atoms with Gasteiger partial charge in [-0.05, 0) is 44.1 Å². The van der Waals surface area contributed by atoms with Crippen LogP contribution in [0, 0.1) is 11.7 Å². The van der Waals surface area contributed by atoms with Crippen molar-refractivity contribution in [1.29, 1.82) is 0 Å². The van der Waals surface area contributed by atoms with Gasteiger partial charge < -0.3 is 0 Å². The molecule has 0 aromatic heterocycles. The zero-order chi connectivity index (χ0) is 14.0. The van der Waals surface area contributed by atoms with Crippen LogP contribution in [0.3, 0.4) is 0 Å². The molecule has 0 spiro atoms. The lowest BCUT2D eigenvalue weighted by Crippen LogP contribution is -2.38. The van der Waals surface area contributed by atoms with Gasteiger partial charge >= 0.3 is 6.18 Å². The monoisotopic (exact) mass is 339 g/mol. The summed E-state index contributed by atoms with van der Waals surface area (Å²) in [5, 5.41) is 0. The largest absolute Gasteiger partial charge is 0.391 e. The number of likely N-dealkylation sites (tertiary alicyclic amines) is 1. The first-order valence-corrected chi connectivity index (χ1v) is 6.88. The fraction of sp³-hybridized carbons (Fsp3) is 0.538. The van der Waals surface area contributed by atoms with Gasteiger partial charge in [-0.2, -0.15) is 13.2 Å². The van der Waals surface area contributed by atoms with Crippen molar-refractivity contribution in [2.24, 2.45) is 5.92 Å². The van der Waals surface area contributed by atoms with Crippen LogP contribution in [0.15, 0.2) is 22.7 Å². The molecule has 106 valence electrons. The van der Waals surface area contributed by atoms with Gasteiger partial charge in [0.2, 0.25) is 0 Å². The van der Waals surface area contributed by atoms with Crippen LogP contribution >= 0.6 is 15.9 Å². The summed E-state index contributed by atoms with van der Waals surface area (Å²) in [5.41, 5.74) is 0.514. The maximum atomic E-state index is 13.6. The molecule has 1 aromatic carbocycles. The number of halogens is 5. The Morgan fingerprint density at radius 3 is 2.42 bits per heavy atom. The second kappa shape index (κ2) is 5.79. The lowest BCUT2D eigenvalue weighted by Gasteiger charge is -2.32. The van der Waals surface area contributed by atoms with Crippen molar-refractivity contribution in [2.45, 2.75) is 25.6 Å². The third-order valence-electron chi connectivity index (χ3n) is 3.45. The smallest absolute Gasteiger partial charge is 0.299 e. The summed E-state index contributed by atoms with van der Waals surface area (Å²) in [6.45, 7) is 1.07. The Hall–Kier alpha value is -0.620. The summed E-state index contributed by atoms with van der Waals surface area (Å²) < 4.78 is 51.9. The number of benzene rings is 1. The van der Waals surface area contributed by atoms with Crippen LogP contribution in [0.1, 0.15) is 18.4 Å². The Morgan fingerprint density at radius 2 is 1.84 bits per heavy atom. The van der Waals surface area contributed by atoms with Crippen LogP contribution < -0.4 is 0 Å². The Kier molecular flexibility index (Phi) is 4.50. The maximum Gasteiger partial charge on any atom is 0.391 e. The molecule has 0 N–H and O–H groups in total. The highest BCUT2D eigenvalue weighted by molar-refractivity contribution is 9.10. The SMILES string of the molecule is Fc1ccc(Br)cc1CN1CCC(C(F)(F)F)CC1. The summed E-state index contributed by atoms with van der Waals surface area (Å²) >= 11 is 3.26. The average molecular weight is 340 g/mol. The zero-order valence-corrected chi connectivity index (χ0v) is 11.8. The lowest BCUT2D eigenvalue weighted by atomic mass is 9.96. The summed E-state index contributed by atoms with van der Waals surface area (Å²) in [4.78, 5) is 1.87. The molecular weight excluding hydrogens is 326 g/mol. The Labute approximate surface area is 117 Å². The zero-order valence-electron chi connectivity index (χ0n) is 10.2. The Bertz CT molecular complexity index is 439. The van der Waals surface area contributed by atoms with Crippen molar-refractivity contribution in [3.63, 3.8) is 0 Å². The number of rotatable bonds is 2. The van der Waals surface area contributed by atoms with E-state index in [1.165, 1.54) is 6.07 Å². The second-order valence-corrected chi connectivity index (χ2v) is 5.74. The first-order valence-electron chi connectivity index (χ1n) is 6.09. The van der Waals surface area contributed by atoms with E-state index in [1.807, 2.05) is 4.90 Å². The van der Waals surface area contributed by atoms with E-state index in [4.69, 9.17) is 0 Å². The van der Waals surface area contributed by atoms with Crippen LogP contribution in [-0.2, 0) is 6.54 Å². The number of alkyl halides is 3. The van der Waals surface area contributed by atoms with Crippen molar-refractivity contribution in [3.8, 4) is 0 Å². The molecule has 0 unspecified atom stereocenters. The average Bonchev–Trinajstić information content (AvgIpc) is 2.33. The van der Waals surface area contributed by atoms with Crippen molar-refractivity contribution in [2.75, 3.05) is 13.1 Å². The van der Waals surface area contributed by atoms with Crippen molar-refractivity contribution in [1.82, 2.24) is 4.90 Å². The van der Waals surface area contributed by atoms with Gasteiger partial charge in [-0.25, -0.2) is 4.39 Å². The first kappa shape index (κ1) is 14.8. The first-order chi connectivity index (χ1) is 8.86. The quantitative estimate of drug-likeness (QED) is 0.723. The van der Waals surface area contributed by atoms with Gasteiger partial charge in [0.1, 0.15) is 5.82 Å². The van der Waals surface area contributed by atoms with E-state index in [0.717, 1.165) is 4.47 Å². The third-order valence-corrected chi connectivity index (χ3v) is 3.95. The van der Waals surface area contributed by atoms with Crippen molar-refractivity contribution < 1.29 is 17.6 Å². The van der Waals surface area contributed by atoms with Gasteiger partial charge in [-0.1, -0.05) is 15.9 Å². The van der Waals surface area contributed by atoms with Crippen LogP contribution in [0.2, 0.25) is 0 Å². The summed E-state index contributed by atoms with van der Waals surface area (Å²) in [6, 6.07) is 4.64. The molecule has 1 nitrogen and oxygen atoms in total. The number of nitrogens with zero attached hydrogens (tertiary/aromatic N) is 1. The minimum Gasteiger partial charge on any atom is -0.299 e. The van der Waals surface area contributed by atoms with E-state index in [-0.39, 0.29) is 18.7 Å². The van der Waals surface area contributed by atoms with Crippen LogP contribution in [0.25, 0.3) is 0 Å². The highest BCUT2D eigenvalue weighted by Gasteiger charge is 2.40. The van der Waals surface area contributed by atoms with E-state index < -0.39 is 12.1 Å². The normalized spacial score (nSPS) is 18.8. The fourth-order valence-electron chi connectivity index (χ4n) is 2.32. The molecule has 1 fully saturated rings. The topological polar surface area (TPSA) is 3.24 Å². The highest BCUT2D eigenvalue weighted by Crippen LogP contribution is 2.34. The van der Waals surface area contributed by atoms with Crippen molar-refractivity contribution in [3.05, 3.63) is 34.1 Å². The predicted octanol–water partition coefficient (Wildman–Crippen LogP) is 4.36. The van der Waals surface area contributed by atoms with E-state index in [9.17, 15) is 17.6 Å². The van der Waals surface area contributed by atoms with Crippen LogP contribution in [-0.4, -0.2) is 24.2 Å². The van der Waals surface area contributed by atoms with Crippen LogP contribution in [0.4, 0.5) is 17.6 Å². The molecule has 19 heavy (non-hydrogen) atoms.